The molecule has 5 heterocycles. The number of fused-ring (bicyclic) bond motifs is 4. The number of phosphoric ester groups is 2. The Morgan fingerprint density at radius 2 is 1.95 bits per heavy atom. The van der Waals surface area contributed by atoms with E-state index in [1.54, 1.807) is 26.1 Å². The molecule has 21 nitrogen and oxygen atoms in total. The zero-order chi connectivity index (χ0) is 41.3. The van der Waals surface area contributed by atoms with Gasteiger partial charge in [0.2, 0.25) is 11.9 Å². The van der Waals surface area contributed by atoms with E-state index < -0.39 is 84.5 Å². The first-order valence-electron chi connectivity index (χ1n) is 18.5. The molecule has 1 unspecified atom stereocenters. The Labute approximate surface area is 329 Å². The molecule has 0 aromatic carbocycles. The Balaban J connectivity index is 1.41. The van der Waals surface area contributed by atoms with Crippen molar-refractivity contribution in [1.29, 1.82) is 5.26 Å². The van der Waals surface area contributed by atoms with Crippen LogP contribution in [0.3, 0.4) is 0 Å². The van der Waals surface area contributed by atoms with Crippen LogP contribution >= 0.6 is 15.6 Å². The molecule has 0 spiro atoms. The van der Waals surface area contributed by atoms with E-state index in [0.29, 0.717) is 12.2 Å². The number of H-pyrrole nitrogens is 1. The lowest BCUT2D eigenvalue weighted by Crippen LogP contribution is -2.50. The Kier molecular flexibility index (Phi) is 12.9. The van der Waals surface area contributed by atoms with Crippen molar-refractivity contribution >= 4 is 52.8 Å². The van der Waals surface area contributed by atoms with Gasteiger partial charge in [-0.2, -0.15) is 10.2 Å². The number of nitrogens with zero attached hydrogens (tertiary/aromatic N) is 6. The summed E-state index contributed by atoms with van der Waals surface area (Å²) in [4.78, 5) is 56.4. The van der Waals surface area contributed by atoms with Crippen molar-refractivity contribution in [3.05, 3.63) is 35.3 Å². The zero-order valence-electron chi connectivity index (χ0n) is 32.7. The fraction of sp³-hybridized carbons (Fsp3) is 0.667. The number of imidazole rings is 1. The van der Waals surface area contributed by atoms with Crippen molar-refractivity contribution < 1.29 is 50.6 Å². The highest BCUT2D eigenvalue weighted by molar-refractivity contribution is 7.48. The molecule has 0 radical (unpaired) electrons. The van der Waals surface area contributed by atoms with E-state index in [0.717, 1.165) is 0 Å². The third-order valence-electron chi connectivity index (χ3n) is 10.4. The second kappa shape index (κ2) is 17.0. The lowest BCUT2D eigenvalue weighted by molar-refractivity contribution is -0.118. The summed E-state index contributed by atoms with van der Waals surface area (Å²) in [6.07, 6.45) is -1.36. The number of ether oxygens (including phenoxy) is 1. The fourth-order valence-corrected chi connectivity index (χ4v) is 10.1. The third kappa shape index (κ3) is 10.1. The normalized spacial score (nSPS) is 31.2. The van der Waals surface area contributed by atoms with Crippen molar-refractivity contribution in [2.75, 3.05) is 30.5 Å². The average molecular weight is 854 g/mol. The Bertz CT molecular complexity index is 2110. The summed E-state index contributed by atoms with van der Waals surface area (Å²) >= 11 is 0. The minimum Gasteiger partial charge on any atom is -0.408 e. The van der Waals surface area contributed by atoms with Crippen LogP contribution in [0.5, 0.6) is 0 Å². The molecule has 2 bridgehead atoms. The number of aromatic amines is 1. The van der Waals surface area contributed by atoms with Gasteiger partial charge < -0.3 is 19.4 Å². The smallest absolute Gasteiger partial charge is 0.408 e. The molecule has 1 amide bonds. The summed E-state index contributed by atoms with van der Waals surface area (Å²) in [6.45, 7) is 12.1. The fourth-order valence-electron chi connectivity index (χ4n) is 6.37. The number of carbonyl (C=O) groups excluding carboxylic acids is 1. The van der Waals surface area contributed by atoms with Gasteiger partial charge in [0, 0.05) is 24.1 Å². The maximum Gasteiger partial charge on any atom is 0.475 e. The van der Waals surface area contributed by atoms with E-state index in [-0.39, 0.29) is 54.2 Å². The predicted molar refractivity (Wildman–Crippen MR) is 205 cm³/mol. The number of phosphoric acid groups is 2. The third-order valence-corrected chi connectivity index (χ3v) is 17.3. The van der Waals surface area contributed by atoms with Crippen molar-refractivity contribution in [2.24, 2.45) is 11.8 Å². The van der Waals surface area contributed by atoms with Gasteiger partial charge in [0.15, 0.2) is 25.7 Å². The highest BCUT2D eigenvalue weighted by Gasteiger charge is 2.55. The minimum atomic E-state index is -4.98. The number of hydrogen-bond acceptors (Lipinski definition) is 17. The first-order valence-corrected chi connectivity index (χ1v) is 24.4. The van der Waals surface area contributed by atoms with Crippen LogP contribution in [0, 0.1) is 23.2 Å². The summed E-state index contributed by atoms with van der Waals surface area (Å²) in [6, 6.07) is 3.32. The van der Waals surface area contributed by atoms with E-state index in [9.17, 15) is 28.9 Å². The molecule has 6 rings (SSSR count). The molecule has 9 atom stereocenters. The minimum absolute atomic E-state index is 0.0521. The van der Waals surface area contributed by atoms with Crippen LogP contribution in [0.25, 0.3) is 11.2 Å². The summed E-state index contributed by atoms with van der Waals surface area (Å²) in [5.41, 5.74) is -0.851. The quantitative estimate of drug-likeness (QED) is 0.123. The molecule has 1 aliphatic carbocycles. The number of hydrogen-bond donors (Lipinski definition) is 4. The topological polar surface area (TPSA) is 273 Å². The summed E-state index contributed by atoms with van der Waals surface area (Å²) in [5.74, 6) is -1.11. The summed E-state index contributed by atoms with van der Waals surface area (Å²) < 4.78 is 72.7. The van der Waals surface area contributed by atoms with E-state index in [4.69, 9.17) is 31.8 Å². The van der Waals surface area contributed by atoms with E-state index >= 15 is 0 Å². The molecule has 2 saturated heterocycles. The van der Waals surface area contributed by atoms with Crippen molar-refractivity contribution in [3.63, 3.8) is 0 Å². The molecule has 4 N–H and O–H groups in total. The lowest BCUT2D eigenvalue weighted by Gasteiger charge is -2.40. The van der Waals surface area contributed by atoms with Crippen molar-refractivity contribution in [2.45, 2.75) is 109 Å². The van der Waals surface area contributed by atoms with E-state index in [2.05, 4.69) is 35.6 Å². The maximum absolute atomic E-state index is 14.5. The Morgan fingerprint density at radius 1 is 1.18 bits per heavy atom. The molecule has 24 heteroatoms. The van der Waals surface area contributed by atoms with Crippen LogP contribution in [-0.2, 0) is 45.7 Å². The summed E-state index contributed by atoms with van der Waals surface area (Å²) in [7, 11) is -12.2. The van der Waals surface area contributed by atoms with Crippen LogP contribution in [0.4, 0.5) is 11.8 Å². The van der Waals surface area contributed by atoms with Gasteiger partial charge in [0.1, 0.15) is 30.5 Å². The molecule has 3 aromatic heterocycles. The van der Waals surface area contributed by atoms with Crippen LogP contribution in [0.15, 0.2) is 29.7 Å². The average Bonchev–Trinajstić information content (AvgIpc) is 3.81. The molecule has 2 aliphatic heterocycles. The largest absolute Gasteiger partial charge is 0.475 e. The van der Waals surface area contributed by atoms with Gasteiger partial charge >= 0.3 is 15.6 Å². The summed E-state index contributed by atoms with van der Waals surface area (Å²) in [5, 5.41) is 14.7. The zero-order valence-corrected chi connectivity index (χ0v) is 35.5. The van der Waals surface area contributed by atoms with Crippen LogP contribution in [0.1, 0.15) is 60.1 Å². The van der Waals surface area contributed by atoms with Crippen LogP contribution < -0.4 is 16.2 Å². The number of carbonyl (C=O) groups is 1. The Morgan fingerprint density at radius 3 is 2.63 bits per heavy atom. The molecule has 57 heavy (non-hydrogen) atoms. The number of anilines is 2. The molecule has 1 saturated carbocycles. The number of amides is 1. The van der Waals surface area contributed by atoms with Gasteiger partial charge in [0.25, 0.3) is 5.56 Å². The van der Waals surface area contributed by atoms with E-state index in [1.807, 2.05) is 39.9 Å². The van der Waals surface area contributed by atoms with Gasteiger partial charge in [0.05, 0.1) is 44.7 Å². The van der Waals surface area contributed by atoms with Gasteiger partial charge in [-0.05, 0) is 37.0 Å². The van der Waals surface area contributed by atoms with Crippen molar-refractivity contribution in [1.82, 2.24) is 29.5 Å². The molecule has 312 valence electrons. The van der Waals surface area contributed by atoms with Gasteiger partial charge in [-0.3, -0.25) is 47.1 Å². The standard InChI is InChI=1S/C33H49N9O12P2Si/c1-19(2)29(43)40-32-39-28-25(30(44)41-32)37-18-42(28)31-27-26(54-57(6,7)33(3,4)5)23(51-31)16-50-56(47,48-12-8-10-34)52-22-14-21(38-24-9-11-35-17-36-24)13-20(22)15-49-55(45,46)53-27/h9,11,17-23,26-27,31H,8,12-16H2,1-7H3,(H,45,46)(H,35,36,38)(H2,39,40,41,43,44)/t20-,21-,22+,23-,26-,27-,31-,56+/m1/s1. The number of nitriles is 1. The molecule has 3 fully saturated rings. The number of nitrogens with one attached hydrogen (secondary N) is 3. The molecule has 3 aliphatic rings. The van der Waals surface area contributed by atoms with E-state index in [1.165, 1.54) is 17.2 Å². The highest BCUT2D eigenvalue weighted by atomic mass is 31.2. The van der Waals surface area contributed by atoms with Crippen LogP contribution in [-0.4, -0.2) is 98.9 Å². The van der Waals surface area contributed by atoms with Gasteiger partial charge in [-0.15, -0.1) is 0 Å². The molecular formula is C33H49N9O12P2Si. The second-order valence-corrected chi connectivity index (χ2v) is 23.7. The van der Waals surface area contributed by atoms with Crippen LogP contribution in [0.2, 0.25) is 18.1 Å². The first-order chi connectivity index (χ1) is 26.8. The van der Waals surface area contributed by atoms with Gasteiger partial charge in [-0.25, -0.2) is 24.1 Å². The molecule has 3 aromatic rings. The number of rotatable bonds is 10. The van der Waals surface area contributed by atoms with Crippen molar-refractivity contribution in [3.8, 4) is 6.07 Å². The SMILES string of the molecule is CC(C)C(=O)Nc1nc2c(ncn2[C@@H]2O[C@@H]3CO[P@](=O)(OCCC#N)O[C@H]4C[C@H](Nc5ccncn5)C[C@@H]4COP(=O)(O)O[C@@H]2[C@@H]3O[Si](C)(C)C(C)(C)C)c(=O)[nH]1. The number of aromatic nitrogens is 6. The first kappa shape index (κ1) is 43.1. The Hall–Kier alpha value is -3.45. The van der Waals surface area contributed by atoms with Gasteiger partial charge in [-0.1, -0.05) is 34.6 Å². The predicted octanol–water partition coefficient (Wildman–Crippen LogP) is 4.64. The monoisotopic (exact) mass is 853 g/mol. The lowest BCUT2D eigenvalue weighted by atomic mass is 10.1. The highest BCUT2D eigenvalue weighted by Crippen LogP contribution is 2.57. The molecular weight excluding hydrogens is 804 g/mol. The second-order valence-electron chi connectivity index (χ2n) is 15.9. The maximum atomic E-state index is 14.5.